The predicted molar refractivity (Wildman–Crippen MR) is 71.8 cm³/mol. The van der Waals surface area contributed by atoms with Crippen molar-refractivity contribution in [2.75, 3.05) is 0 Å². The Labute approximate surface area is 120 Å². The fourth-order valence-electron chi connectivity index (χ4n) is 1.60. The summed E-state index contributed by atoms with van der Waals surface area (Å²) in [5, 5.41) is 29.2. The molecule has 8 heteroatoms. The summed E-state index contributed by atoms with van der Waals surface area (Å²) < 4.78 is 0. The minimum Gasteiger partial charge on any atom is -0.507 e. The van der Waals surface area contributed by atoms with Crippen LogP contribution in [0.5, 0.6) is 5.75 Å². The number of carbonyl (C=O) groups is 3. The number of carbonyl (C=O) groups excluding carboxylic acids is 1. The topological polar surface area (TPSA) is 150 Å². The fraction of sp³-hybridized carbons (Fsp3) is 0.308. The first-order valence-electron chi connectivity index (χ1n) is 6.11. The molecule has 0 heterocycles. The summed E-state index contributed by atoms with van der Waals surface area (Å²) in [5.41, 5.74) is 5.78. The van der Waals surface area contributed by atoms with Crippen LogP contribution in [0.2, 0.25) is 0 Å². The van der Waals surface area contributed by atoms with E-state index in [9.17, 15) is 19.5 Å². The van der Waals surface area contributed by atoms with E-state index in [-0.39, 0.29) is 24.9 Å². The highest BCUT2D eigenvalue weighted by molar-refractivity contribution is 5.90. The molecule has 0 fully saturated rings. The number of phenols is 1. The molecule has 0 saturated heterocycles. The van der Waals surface area contributed by atoms with Crippen LogP contribution in [-0.2, 0) is 16.1 Å². The zero-order valence-corrected chi connectivity index (χ0v) is 11.1. The summed E-state index contributed by atoms with van der Waals surface area (Å²) in [5.74, 6) is -3.20. The first-order valence-corrected chi connectivity index (χ1v) is 6.11. The van der Waals surface area contributed by atoms with Crippen molar-refractivity contribution < 1.29 is 29.7 Å². The number of rotatable bonds is 7. The van der Waals surface area contributed by atoms with Gasteiger partial charge in [-0.25, -0.2) is 4.79 Å². The largest absolute Gasteiger partial charge is 0.507 e. The third-order valence-corrected chi connectivity index (χ3v) is 2.77. The number of aliphatic carboxylic acids is 1. The van der Waals surface area contributed by atoms with Crippen LogP contribution < -0.4 is 11.1 Å². The number of hydrogen-bond donors (Lipinski definition) is 5. The molecule has 1 amide bonds. The number of aromatic hydroxyl groups is 1. The first kappa shape index (κ1) is 16.4. The number of nitrogens with two attached hydrogens (primary N) is 1. The molecule has 0 bridgehead atoms. The lowest BCUT2D eigenvalue weighted by Crippen LogP contribution is -2.40. The van der Waals surface area contributed by atoms with Crippen molar-refractivity contribution in [1.29, 1.82) is 0 Å². The molecule has 21 heavy (non-hydrogen) atoms. The molecule has 0 aliphatic heterocycles. The predicted octanol–water partition coefficient (Wildman–Crippen LogP) is -0.101. The van der Waals surface area contributed by atoms with Gasteiger partial charge in [-0.3, -0.25) is 9.59 Å². The van der Waals surface area contributed by atoms with E-state index in [1.54, 1.807) is 0 Å². The molecule has 1 aromatic carbocycles. The van der Waals surface area contributed by atoms with Crippen LogP contribution in [0.4, 0.5) is 0 Å². The maximum Gasteiger partial charge on any atom is 0.339 e. The second kappa shape index (κ2) is 7.25. The Kier molecular flexibility index (Phi) is 5.67. The Balaban J connectivity index is 2.55. The van der Waals surface area contributed by atoms with E-state index < -0.39 is 29.6 Å². The van der Waals surface area contributed by atoms with Crippen molar-refractivity contribution >= 4 is 17.8 Å². The van der Waals surface area contributed by atoms with E-state index in [2.05, 4.69) is 5.32 Å². The molecular formula is C13H16N2O6. The van der Waals surface area contributed by atoms with Crippen molar-refractivity contribution in [2.24, 2.45) is 5.73 Å². The van der Waals surface area contributed by atoms with Crippen LogP contribution in [-0.4, -0.2) is 39.2 Å². The van der Waals surface area contributed by atoms with Crippen LogP contribution in [0.3, 0.4) is 0 Å². The van der Waals surface area contributed by atoms with Gasteiger partial charge < -0.3 is 26.4 Å². The van der Waals surface area contributed by atoms with Crippen LogP contribution in [0.1, 0.15) is 28.8 Å². The maximum atomic E-state index is 11.6. The number of carboxylic acid groups (broad SMARTS) is 2. The Bertz CT molecular complexity index is 558. The molecule has 1 rings (SSSR count). The smallest absolute Gasteiger partial charge is 0.339 e. The van der Waals surface area contributed by atoms with Crippen molar-refractivity contribution in [2.45, 2.75) is 25.4 Å². The first-order chi connectivity index (χ1) is 9.81. The molecule has 0 aliphatic rings. The highest BCUT2D eigenvalue weighted by atomic mass is 16.4. The van der Waals surface area contributed by atoms with E-state index in [0.29, 0.717) is 5.56 Å². The number of hydrogen-bond acceptors (Lipinski definition) is 5. The normalized spacial score (nSPS) is 11.7. The summed E-state index contributed by atoms with van der Waals surface area (Å²) in [6.45, 7) is 0.0487. The molecule has 1 atom stereocenters. The molecule has 114 valence electrons. The molecule has 8 nitrogen and oxygen atoms in total. The lowest BCUT2D eigenvalue weighted by Gasteiger charge is -2.11. The van der Waals surface area contributed by atoms with E-state index in [1.807, 2.05) is 0 Å². The zero-order chi connectivity index (χ0) is 16.0. The van der Waals surface area contributed by atoms with Gasteiger partial charge in [-0.15, -0.1) is 0 Å². The summed E-state index contributed by atoms with van der Waals surface area (Å²) in [6, 6.07) is 2.97. The second-order valence-electron chi connectivity index (χ2n) is 4.41. The number of aromatic carboxylic acids is 1. The molecule has 1 aromatic rings. The highest BCUT2D eigenvalue weighted by Gasteiger charge is 2.15. The monoisotopic (exact) mass is 296 g/mol. The third kappa shape index (κ3) is 5.11. The zero-order valence-electron chi connectivity index (χ0n) is 11.1. The molecule has 1 unspecified atom stereocenters. The third-order valence-electron chi connectivity index (χ3n) is 2.77. The van der Waals surface area contributed by atoms with Gasteiger partial charge in [0.05, 0.1) is 6.04 Å². The summed E-state index contributed by atoms with van der Waals surface area (Å²) in [4.78, 5) is 32.7. The number of carboxylic acids is 2. The molecule has 0 saturated carbocycles. The van der Waals surface area contributed by atoms with Crippen LogP contribution >= 0.6 is 0 Å². The van der Waals surface area contributed by atoms with Gasteiger partial charge in [0, 0.05) is 13.0 Å². The van der Waals surface area contributed by atoms with Crippen molar-refractivity contribution in [3.05, 3.63) is 29.3 Å². The highest BCUT2D eigenvalue weighted by Crippen LogP contribution is 2.18. The van der Waals surface area contributed by atoms with Gasteiger partial charge >= 0.3 is 11.9 Å². The lowest BCUT2D eigenvalue weighted by atomic mass is 10.1. The van der Waals surface area contributed by atoms with Gasteiger partial charge in [0.25, 0.3) is 0 Å². The van der Waals surface area contributed by atoms with Crippen molar-refractivity contribution in [3.63, 3.8) is 0 Å². The summed E-state index contributed by atoms with van der Waals surface area (Å²) >= 11 is 0. The van der Waals surface area contributed by atoms with E-state index >= 15 is 0 Å². The van der Waals surface area contributed by atoms with Crippen LogP contribution in [0.15, 0.2) is 18.2 Å². The number of nitrogens with one attached hydrogen (secondary N) is 1. The molecule has 0 radical (unpaired) electrons. The molecule has 0 aromatic heterocycles. The Morgan fingerprint density at radius 3 is 2.43 bits per heavy atom. The summed E-state index contributed by atoms with van der Waals surface area (Å²) in [7, 11) is 0. The lowest BCUT2D eigenvalue weighted by molar-refractivity contribution is -0.137. The average Bonchev–Trinajstić information content (AvgIpc) is 2.41. The van der Waals surface area contributed by atoms with Gasteiger partial charge in [0.2, 0.25) is 5.91 Å². The fourth-order valence-corrected chi connectivity index (χ4v) is 1.60. The maximum absolute atomic E-state index is 11.6. The molecule has 0 spiro atoms. The minimum atomic E-state index is -1.25. The van der Waals surface area contributed by atoms with Crippen molar-refractivity contribution in [3.8, 4) is 5.75 Å². The van der Waals surface area contributed by atoms with Gasteiger partial charge in [0.1, 0.15) is 11.3 Å². The van der Waals surface area contributed by atoms with Gasteiger partial charge in [-0.2, -0.15) is 0 Å². The quantitative estimate of drug-likeness (QED) is 0.471. The van der Waals surface area contributed by atoms with Crippen molar-refractivity contribution in [1.82, 2.24) is 5.32 Å². The van der Waals surface area contributed by atoms with Gasteiger partial charge in [0.15, 0.2) is 0 Å². The van der Waals surface area contributed by atoms with E-state index in [0.717, 1.165) is 0 Å². The number of benzene rings is 1. The second-order valence-corrected chi connectivity index (χ2v) is 4.41. The molecule has 0 aliphatic carbocycles. The molecule has 6 N–H and O–H groups in total. The standard InChI is InChI=1S/C13H16N2O6/c14-9(3-4-11(17)18)12(19)15-6-7-1-2-8(13(20)21)10(16)5-7/h1-2,5,9,16H,3-4,6,14H2,(H,15,19)(H,17,18)(H,20,21). The van der Waals surface area contributed by atoms with Crippen LogP contribution in [0.25, 0.3) is 0 Å². The molecular weight excluding hydrogens is 280 g/mol. The Morgan fingerprint density at radius 1 is 1.24 bits per heavy atom. The number of amides is 1. The SMILES string of the molecule is NC(CCC(=O)O)C(=O)NCc1ccc(C(=O)O)c(O)c1. The Morgan fingerprint density at radius 2 is 1.90 bits per heavy atom. The van der Waals surface area contributed by atoms with E-state index in [4.69, 9.17) is 15.9 Å². The van der Waals surface area contributed by atoms with Gasteiger partial charge in [-0.1, -0.05) is 6.07 Å². The summed E-state index contributed by atoms with van der Waals surface area (Å²) in [6.07, 6.45) is -0.187. The van der Waals surface area contributed by atoms with E-state index in [1.165, 1.54) is 18.2 Å². The van der Waals surface area contributed by atoms with Gasteiger partial charge in [-0.05, 0) is 24.1 Å². The van der Waals surface area contributed by atoms with Crippen LogP contribution in [0, 0.1) is 0 Å². The average molecular weight is 296 g/mol. The minimum absolute atomic E-state index is 0.0182. The Hall–Kier alpha value is -2.61.